The lowest BCUT2D eigenvalue weighted by molar-refractivity contribution is -0.126. The van der Waals surface area contributed by atoms with Crippen LogP contribution in [-0.4, -0.2) is 29.0 Å². The van der Waals surface area contributed by atoms with Crippen LogP contribution in [0.25, 0.3) is 0 Å². The van der Waals surface area contributed by atoms with Gasteiger partial charge in [-0.15, -0.1) is 0 Å². The van der Waals surface area contributed by atoms with Gasteiger partial charge in [-0.1, -0.05) is 26.8 Å². The first-order valence-corrected chi connectivity index (χ1v) is 7.57. The highest BCUT2D eigenvalue weighted by atomic mass is 16.6. The minimum atomic E-state index is -0.455. The second-order valence-corrected chi connectivity index (χ2v) is 6.88. The Labute approximate surface area is 120 Å². The summed E-state index contributed by atoms with van der Waals surface area (Å²) in [5.74, 6) is 0.140. The normalized spacial score (nSPS) is 41.3. The maximum Gasteiger partial charge on any atom is 0.417 e. The van der Waals surface area contributed by atoms with Gasteiger partial charge >= 0.3 is 6.09 Å². The van der Waals surface area contributed by atoms with Crippen LogP contribution >= 0.6 is 0 Å². The van der Waals surface area contributed by atoms with Gasteiger partial charge in [0.1, 0.15) is 6.10 Å². The average Bonchev–Trinajstić information content (AvgIpc) is 2.91. The van der Waals surface area contributed by atoms with Crippen LogP contribution in [0.15, 0.2) is 12.2 Å². The van der Waals surface area contributed by atoms with Gasteiger partial charge in [-0.05, 0) is 37.7 Å². The molecule has 0 N–H and O–H groups in total. The number of hydrogen-bond donors (Lipinski definition) is 0. The number of imide groups is 1. The van der Waals surface area contributed by atoms with Crippen molar-refractivity contribution in [2.45, 2.75) is 59.1 Å². The van der Waals surface area contributed by atoms with E-state index in [-0.39, 0.29) is 28.9 Å². The smallest absolute Gasteiger partial charge is 0.417 e. The summed E-state index contributed by atoms with van der Waals surface area (Å²) in [5, 5.41) is 0. The summed E-state index contributed by atoms with van der Waals surface area (Å²) in [6, 6.07) is -0.0857. The van der Waals surface area contributed by atoms with Gasteiger partial charge in [0, 0.05) is 11.3 Å². The van der Waals surface area contributed by atoms with E-state index in [1.165, 1.54) is 11.0 Å². The van der Waals surface area contributed by atoms with Crippen molar-refractivity contribution in [3.05, 3.63) is 12.2 Å². The number of allylic oxidation sites excluding steroid dienone is 1. The first-order valence-electron chi connectivity index (χ1n) is 7.57. The standard InChI is InChI=1S/C16H23NO3/c1-5-7-11(18)17-13-12(20-14(17)19)10-8-9-16(13,6-2)15(10,3)4/h5,7,10,12-13H,6,8-9H2,1-4H3/b7-5+/t10-,12-,13-,16+/m1/s1. The van der Waals surface area contributed by atoms with E-state index in [2.05, 4.69) is 20.8 Å². The van der Waals surface area contributed by atoms with E-state index in [0.717, 1.165) is 19.3 Å². The summed E-state index contributed by atoms with van der Waals surface area (Å²) in [5.41, 5.74) is 0.123. The number of fused-ring (bicyclic) bond motifs is 5. The molecule has 0 aromatic carbocycles. The molecule has 2 aliphatic carbocycles. The van der Waals surface area contributed by atoms with Gasteiger partial charge in [0.05, 0.1) is 6.04 Å². The monoisotopic (exact) mass is 277 g/mol. The van der Waals surface area contributed by atoms with E-state index in [9.17, 15) is 9.59 Å². The van der Waals surface area contributed by atoms with Crippen LogP contribution in [0.1, 0.15) is 47.0 Å². The van der Waals surface area contributed by atoms with Gasteiger partial charge in [0.25, 0.3) is 5.91 Å². The molecule has 0 aromatic rings. The topological polar surface area (TPSA) is 46.6 Å². The van der Waals surface area contributed by atoms with Crippen molar-refractivity contribution >= 4 is 12.0 Å². The van der Waals surface area contributed by atoms with Crippen molar-refractivity contribution in [1.29, 1.82) is 0 Å². The molecule has 0 unspecified atom stereocenters. The van der Waals surface area contributed by atoms with Crippen LogP contribution in [-0.2, 0) is 9.53 Å². The molecule has 1 saturated heterocycles. The summed E-state index contributed by atoms with van der Waals surface area (Å²) in [4.78, 5) is 25.8. The molecule has 0 aromatic heterocycles. The highest BCUT2D eigenvalue weighted by molar-refractivity contribution is 6.00. The Kier molecular flexibility index (Phi) is 2.79. The summed E-state index contributed by atoms with van der Waals surface area (Å²) < 4.78 is 5.59. The number of amides is 2. The number of hydrogen-bond acceptors (Lipinski definition) is 3. The van der Waals surface area contributed by atoms with Crippen molar-refractivity contribution in [2.24, 2.45) is 16.7 Å². The van der Waals surface area contributed by atoms with Gasteiger partial charge in [0.2, 0.25) is 0 Å². The molecule has 2 bridgehead atoms. The molecule has 0 radical (unpaired) electrons. The predicted molar refractivity (Wildman–Crippen MR) is 74.9 cm³/mol. The Balaban J connectivity index is 2.06. The summed E-state index contributed by atoms with van der Waals surface area (Å²) in [6.07, 6.45) is 5.74. The van der Waals surface area contributed by atoms with Crippen molar-refractivity contribution in [2.75, 3.05) is 0 Å². The molecule has 4 atom stereocenters. The maximum absolute atomic E-state index is 12.3. The number of carbonyl (C=O) groups excluding carboxylic acids is 2. The lowest BCUT2D eigenvalue weighted by atomic mass is 9.65. The molecule has 2 saturated carbocycles. The Morgan fingerprint density at radius 2 is 2.20 bits per heavy atom. The lowest BCUT2D eigenvalue weighted by Crippen LogP contribution is -2.51. The second-order valence-electron chi connectivity index (χ2n) is 6.88. The molecule has 3 aliphatic rings. The van der Waals surface area contributed by atoms with E-state index in [1.807, 2.05) is 0 Å². The predicted octanol–water partition coefficient (Wildman–Crippen LogP) is 3.12. The molecule has 1 heterocycles. The molecule has 20 heavy (non-hydrogen) atoms. The number of rotatable bonds is 2. The zero-order valence-electron chi connectivity index (χ0n) is 12.7. The molecule has 4 heteroatoms. The summed E-state index contributed by atoms with van der Waals surface area (Å²) >= 11 is 0. The van der Waals surface area contributed by atoms with E-state index >= 15 is 0 Å². The Morgan fingerprint density at radius 3 is 2.80 bits per heavy atom. The molecular weight excluding hydrogens is 254 g/mol. The first-order chi connectivity index (χ1) is 9.40. The van der Waals surface area contributed by atoms with Crippen LogP contribution in [0.3, 0.4) is 0 Å². The molecule has 110 valence electrons. The van der Waals surface area contributed by atoms with Gasteiger partial charge in [-0.2, -0.15) is 0 Å². The van der Waals surface area contributed by atoms with E-state index < -0.39 is 6.09 Å². The van der Waals surface area contributed by atoms with Gasteiger partial charge in [-0.3, -0.25) is 4.79 Å². The highest BCUT2D eigenvalue weighted by Crippen LogP contribution is 2.70. The van der Waals surface area contributed by atoms with Crippen molar-refractivity contribution < 1.29 is 14.3 Å². The summed E-state index contributed by atoms with van der Waals surface area (Å²) in [7, 11) is 0. The molecule has 3 rings (SSSR count). The lowest BCUT2D eigenvalue weighted by Gasteiger charge is -2.42. The van der Waals surface area contributed by atoms with Crippen LogP contribution in [0.4, 0.5) is 4.79 Å². The zero-order valence-corrected chi connectivity index (χ0v) is 12.7. The van der Waals surface area contributed by atoms with Crippen molar-refractivity contribution in [3.63, 3.8) is 0 Å². The number of carbonyl (C=O) groups is 2. The van der Waals surface area contributed by atoms with Crippen molar-refractivity contribution in [3.8, 4) is 0 Å². The molecular formula is C16H23NO3. The molecule has 0 spiro atoms. The van der Waals surface area contributed by atoms with Gasteiger partial charge in [0.15, 0.2) is 0 Å². The first kappa shape index (κ1) is 13.7. The van der Waals surface area contributed by atoms with Crippen LogP contribution in [0.2, 0.25) is 0 Å². The minimum Gasteiger partial charge on any atom is -0.443 e. The molecule has 2 amide bonds. The maximum atomic E-state index is 12.3. The minimum absolute atomic E-state index is 0.00569. The fourth-order valence-corrected chi connectivity index (χ4v) is 5.22. The Morgan fingerprint density at radius 1 is 1.50 bits per heavy atom. The fourth-order valence-electron chi connectivity index (χ4n) is 5.22. The van der Waals surface area contributed by atoms with Gasteiger partial charge in [-0.25, -0.2) is 9.69 Å². The van der Waals surface area contributed by atoms with E-state index in [1.54, 1.807) is 13.0 Å². The molecule has 1 aliphatic heterocycles. The Hall–Kier alpha value is -1.32. The van der Waals surface area contributed by atoms with E-state index in [4.69, 9.17) is 4.74 Å². The Bertz CT molecular complexity index is 496. The zero-order chi connectivity index (χ0) is 14.7. The second kappa shape index (κ2) is 4.09. The van der Waals surface area contributed by atoms with E-state index in [0.29, 0.717) is 5.92 Å². The fraction of sp³-hybridized carbons (Fsp3) is 0.750. The van der Waals surface area contributed by atoms with Crippen LogP contribution < -0.4 is 0 Å². The van der Waals surface area contributed by atoms with Gasteiger partial charge < -0.3 is 4.74 Å². The third-order valence-electron chi connectivity index (χ3n) is 6.27. The number of ether oxygens (including phenoxy) is 1. The highest BCUT2D eigenvalue weighted by Gasteiger charge is 2.73. The summed E-state index contributed by atoms with van der Waals surface area (Å²) in [6.45, 7) is 8.52. The van der Waals surface area contributed by atoms with Crippen LogP contribution in [0, 0.1) is 16.7 Å². The molecule has 3 fully saturated rings. The molecule has 4 nitrogen and oxygen atoms in total. The largest absolute Gasteiger partial charge is 0.443 e. The SMILES string of the molecule is C/C=C/C(=O)N1C(=O)O[C@@H]2[C@H]3CC[C@@](CC)([C@@H]21)C3(C)C. The van der Waals surface area contributed by atoms with Crippen LogP contribution in [0.5, 0.6) is 0 Å². The number of nitrogens with zero attached hydrogens (tertiary/aromatic N) is 1. The third kappa shape index (κ3) is 1.32. The average molecular weight is 277 g/mol. The van der Waals surface area contributed by atoms with Crippen molar-refractivity contribution in [1.82, 2.24) is 4.90 Å². The third-order valence-corrected chi connectivity index (χ3v) is 6.27. The quantitative estimate of drug-likeness (QED) is 0.728.